The molecule has 5 rings (SSSR count). The average Bonchev–Trinajstić information content (AvgIpc) is 3.16. The summed E-state index contributed by atoms with van der Waals surface area (Å²) in [7, 11) is 0. The molecule has 33 heavy (non-hydrogen) atoms. The fourth-order valence-corrected chi connectivity index (χ4v) is 5.80. The number of thioether (sulfide) groups is 1. The molecule has 1 aromatic carbocycles. The summed E-state index contributed by atoms with van der Waals surface area (Å²) in [5.41, 5.74) is 1.14. The Kier molecular flexibility index (Phi) is 6.34. The van der Waals surface area contributed by atoms with Crippen molar-refractivity contribution >= 4 is 29.0 Å². The van der Waals surface area contributed by atoms with Crippen molar-refractivity contribution in [3.8, 4) is 0 Å². The zero-order chi connectivity index (χ0) is 22.8. The Balaban J connectivity index is 1.25. The Hall–Kier alpha value is -2.88. The number of halogens is 1. The van der Waals surface area contributed by atoms with Crippen molar-refractivity contribution in [2.24, 2.45) is 0 Å². The van der Waals surface area contributed by atoms with E-state index in [2.05, 4.69) is 15.0 Å². The van der Waals surface area contributed by atoms with Gasteiger partial charge in [-0.25, -0.2) is 23.3 Å². The van der Waals surface area contributed by atoms with Gasteiger partial charge in [-0.1, -0.05) is 31.0 Å². The molecule has 2 aromatic heterocycles. The fourth-order valence-electron chi connectivity index (χ4n) is 4.55. The molecule has 8 nitrogen and oxygen atoms in total. The van der Waals surface area contributed by atoms with Crippen LogP contribution in [-0.4, -0.2) is 61.4 Å². The number of nitrogens with zero attached hydrogens (tertiary/aromatic N) is 6. The monoisotopic (exact) mass is 470 g/mol. The second-order valence-electron chi connectivity index (χ2n) is 8.59. The molecule has 174 valence electrons. The number of amides is 1. The van der Waals surface area contributed by atoms with Crippen LogP contribution in [0.2, 0.25) is 0 Å². The van der Waals surface area contributed by atoms with Crippen LogP contribution in [0.4, 0.5) is 10.1 Å². The van der Waals surface area contributed by atoms with Crippen molar-refractivity contribution in [1.82, 2.24) is 24.1 Å². The molecule has 3 aromatic rings. The van der Waals surface area contributed by atoms with Crippen LogP contribution in [0.1, 0.15) is 32.1 Å². The summed E-state index contributed by atoms with van der Waals surface area (Å²) in [6, 6.07) is 6.39. The van der Waals surface area contributed by atoms with Crippen molar-refractivity contribution in [3.05, 3.63) is 53.0 Å². The number of hydrogen-bond acceptors (Lipinski definition) is 6. The van der Waals surface area contributed by atoms with Gasteiger partial charge in [0.1, 0.15) is 17.4 Å². The van der Waals surface area contributed by atoms with Gasteiger partial charge in [0.15, 0.2) is 5.65 Å². The average molecular weight is 471 g/mol. The van der Waals surface area contributed by atoms with Crippen LogP contribution in [0.25, 0.3) is 5.65 Å². The predicted octanol–water partition coefficient (Wildman–Crippen LogP) is 2.80. The van der Waals surface area contributed by atoms with E-state index in [1.807, 2.05) is 0 Å². The molecule has 0 bridgehead atoms. The molecular weight excluding hydrogens is 443 g/mol. The molecular formula is C23H27FN6O2S. The summed E-state index contributed by atoms with van der Waals surface area (Å²) in [6.07, 6.45) is 9.28. The first kappa shape index (κ1) is 21.9. The molecule has 2 fully saturated rings. The van der Waals surface area contributed by atoms with Crippen molar-refractivity contribution in [2.45, 2.75) is 48.9 Å². The number of hydrogen-bond donors (Lipinski definition) is 0. The molecule has 2 aliphatic rings. The molecule has 3 heterocycles. The quantitative estimate of drug-likeness (QED) is 0.571. The highest BCUT2D eigenvalue weighted by atomic mass is 32.2. The topological polar surface area (TPSA) is 75.7 Å². The van der Waals surface area contributed by atoms with Crippen LogP contribution >= 0.6 is 11.8 Å². The smallest absolute Gasteiger partial charge is 0.350 e. The summed E-state index contributed by atoms with van der Waals surface area (Å²) < 4.78 is 15.9. The molecule has 0 radical (unpaired) electrons. The Bertz CT molecular complexity index is 1180. The first-order valence-corrected chi connectivity index (χ1v) is 12.4. The number of carbonyl (C=O) groups excluding carboxylic acids is 1. The van der Waals surface area contributed by atoms with Crippen LogP contribution in [0.3, 0.4) is 0 Å². The number of benzene rings is 1. The van der Waals surface area contributed by atoms with Gasteiger partial charge >= 0.3 is 5.69 Å². The molecule has 1 aliphatic heterocycles. The van der Waals surface area contributed by atoms with E-state index in [9.17, 15) is 14.0 Å². The first-order chi connectivity index (χ1) is 16.1. The Morgan fingerprint density at radius 2 is 1.79 bits per heavy atom. The lowest BCUT2D eigenvalue weighted by atomic mass is 10.0. The summed E-state index contributed by atoms with van der Waals surface area (Å²) in [4.78, 5) is 34.1. The first-order valence-electron chi connectivity index (χ1n) is 11.5. The lowest BCUT2D eigenvalue weighted by Gasteiger charge is -2.36. The van der Waals surface area contributed by atoms with Gasteiger partial charge in [0.25, 0.3) is 0 Å². The molecule has 0 spiro atoms. The molecule has 0 N–H and O–H groups in total. The van der Waals surface area contributed by atoms with Crippen molar-refractivity contribution in [1.29, 1.82) is 0 Å². The van der Waals surface area contributed by atoms with E-state index < -0.39 is 0 Å². The van der Waals surface area contributed by atoms with E-state index in [0.29, 0.717) is 37.1 Å². The second-order valence-corrected chi connectivity index (χ2v) is 9.88. The minimum Gasteiger partial charge on any atom is -0.368 e. The Labute approximate surface area is 195 Å². The number of aromatic nitrogens is 4. The highest BCUT2D eigenvalue weighted by Crippen LogP contribution is 2.33. The highest BCUT2D eigenvalue weighted by Gasteiger charge is 2.24. The van der Waals surface area contributed by atoms with Gasteiger partial charge in [0, 0.05) is 49.5 Å². The van der Waals surface area contributed by atoms with E-state index >= 15 is 0 Å². The second kappa shape index (κ2) is 9.54. The minimum atomic E-state index is -0.323. The Morgan fingerprint density at radius 1 is 1.06 bits per heavy atom. The molecule has 1 saturated heterocycles. The maximum Gasteiger partial charge on any atom is 0.350 e. The number of rotatable bonds is 5. The maximum atomic E-state index is 13.2. The largest absolute Gasteiger partial charge is 0.368 e. The van der Waals surface area contributed by atoms with Crippen LogP contribution in [0.15, 0.2) is 46.5 Å². The summed E-state index contributed by atoms with van der Waals surface area (Å²) in [5, 5.41) is 5.72. The number of fused-ring (bicyclic) bond motifs is 1. The standard InChI is InChI=1S/C23H27FN6O2S/c24-17-6-8-18(9-7-17)27-12-14-28(15-13-27)20(31)16-30-23(32)29-11-10-25-22(21(29)26-30)33-19-4-2-1-3-5-19/h6-11,19H,1-5,12-16H2. The molecule has 1 saturated carbocycles. The zero-order valence-corrected chi connectivity index (χ0v) is 19.2. The summed E-state index contributed by atoms with van der Waals surface area (Å²) in [5.74, 6) is -0.394. The van der Waals surface area contributed by atoms with Crippen LogP contribution < -0.4 is 10.6 Å². The van der Waals surface area contributed by atoms with Gasteiger partial charge in [-0.05, 0) is 37.1 Å². The van der Waals surface area contributed by atoms with E-state index in [-0.39, 0.29) is 24.0 Å². The lowest BCUT2D eigenvalue weighted by molar-refractivity contribution is -0.132. The number of anilines is 1. The van der Waals surface area contributed by atoms with Crippen molar-refractivity contribution in [2.75, 3.05) is 31.1 Å². The van der Waals surface area contributed by atoms with E-state index in [1.165, 1.54) is 40.5 Å². The van der Waals surface area contributed by atoms with Gasteiger partial charge in [-0.2, -0.15) is 0 Å². The van der Waals surface area contributed by atoms with Crippen molar-refractivity contribution in [3.63, 3.8) is 0 Å². The van der Waals surface area contributed by atoms with E-state index in [4.69, 9.17) is 0 Å². The molecule has 0 atom stereocenters. The van der Waals surface area contributed by atoms with E-state index in [0.717, 1.165) is 23.6 Å². The van der Waals surface area contributed by atoms with Crippen LogP contribution in [0, 0.1) is 5.82 Å². The van der Waals surface area contributed by atoms with Gasteiger partial charge in [-0.3, -0.25) is 4.79 Å². The third-order valence-electron chi connectivity index (χ3n) is 6.41. The Morgan fingerprint density at radius 3 is 2.52 bits per heavy atom. The van der Waals surface area contributed by atoms with Crippen LogP contribution in [0.5, 0.6) is 0 Å². The highest BCUT2D eigenvalue weighted by molar-refractivity contribution is 8.00. The molecule has 1 aliphatic carbocycles. The third kappa shape index (κ3) is 4.75. The zero-order valence-electron chi connectivity index (χ0n) is 18.4. The minimum absolute atomic E-state index is 0.0927. The number of piperazine rings is 1. The lowest BCUT2D eigenvalue weighted by Crippen LogP contribution is -2.50. The van der Waals surface area contributed by atoms with Gasteiger partial charge in [0.05, 0.1) is 0 Å². The van der Waals surface area contributed by atoms with Gasteiger partial charge in [-0.15, -0.1) is 5.10 Å². The fraction of sp³-hybridized carbons (Fsp3) is 0.478. The summed E-state index contributed by atoms with van der Waals surface area (Å²) in [6.45, 7) is 2.31. The summed E-state index contributed by atoms with van der Waals surface area (Å²) >= 11 is 1.69. The van der Waals surface area contributed by atoms with Crippen LogP contribution in [-0.2, 0) is 11.3 Å². The van der Waals surface area contributed by atoms with Gasteiger partial charge < -0.3 is 9.80 Å². The normalized spacial score (nSPS) is 17.6. The SMILES string of the molecule is O=C(Cn1nc2c(SC3CCCCC3)nccn2c1=O)N1CCN(c2ccc(F)cc2)CC1. The molecule has 10 heteroatoms. The molecule has 0 unspecified atom stereocenters. The third-order valence-corrected chi connectivity index (χ3v) is 7.72. The van der Waals surface area contributed by atoms with Crippen molar-refractivity contribution < 1.29 is 9.18 Å². The number of carbonyl (C=O) groups is 1. The maximum absolute atomic E-state index is 13.2. The molecule has 1 amide bonds. The van der Waals surface area contributed by atoms with E-state index in [1.54, 1.807) is 41.2 Å². The predicted molar refractivity (Wildman–Crippen MR) is 125 cm³/mol. The van der Waals surface area contributed by atoms with Gasteiger partial charge in [0.2, 0.25) is 5.91 Å².